The minimum atomic E-state index is -4.77. The number of hydrogen-bond donors (Lipinski definition) is 1. The van der Waals surface area contributed by atoms with E-state index in [9.17, 15) is 31.2 Å². The first-order valence-electron chi connectivity index (χ1n) is 13.7. The van der Waals surface area contributed by atoms with Crippen molar-refractivity contribution in [2.45, 2.75) is 70.2 Å². The van der Waals surface area contributed by atoms with Gasteiger partial charge in [0, 0.05) is 22.1 Å². The summed E-state index contributed by atoms with van der Waals surface area (Å²) < 4.78 is 69.5. The van der Waals surface area contributed by atoms with Gasteiger partial charge < -0.3 is 10.2 Å². The molecule has 1 atom stereocenters. The average Bonchev–Trinajstić information content (AvgIpc) is 2.91. The van der Waals surface area contributed by atoms with E-state index < -0.39 is 51.7 Å². The lowest BCUT2D eigenvalue weighted by atomic mass is 10.1. The van der Waals surface area contributed by atoms with Crippen molar-refractivity contribution in [1.29, 1.82) is 0 Å². The first-order chi connectivity index (χ1) is 20.3. The summed E-state index contributed by atoms with van der Waals surface area (Å²) in [5.41, 5.74) is -0.931. The standard InChI is InChI=1S/C31H34Cl2F3N3O4S/c1-6-27(29(41)37-30(3,4)5)38(18-21-12-13-23(32)17-26(21)33)28(40)19-39(24-9-7-8-22(16-24)31(34,35)36)44(42,43)25-14-10-20(2)11-15-25/h7-17,27H,6,18-19H2,1-5H3,(H,37,41)/t27-/m0/s1. The number of alkyl halides is 3. The molecule has 44 heavy (non-hydrogen) atoms. The highest BCUT2D eigenvalue weighted by molar-refractivity contribution is 7.92. The molecule has 0 unspecified atom stereocenters. The van der Waals surface area contributed by atoms with Crippen LogP contribution in [-0.4, -0.2) is 43.3 Å². The molecule has 0 spiro atoms. The van der Waals surface area contributed by atoms with E-state index in [1.807, 2.05) is 0 Å². The van der Waals surface area contributed by atoms with Crippen LogP contribution in [0.4, 0.5) is 18.9 Å². The second-order valence-corrected chi connectivity index (χ2v) is 14.0. The minimum absolute atomic E-state index is 0.146. The lowest BCUT2D eigenvalue weighted by molar-refractivity contribution is -0.141. The lowest BCUT2D eigenvalue weighted by Gasteiger charge is -2.35. The summed E-state index contributed by atoms with van der Waals surface area (Å²) in [5, 5.41) is 3.39. The number of aryl methyl sites for hydroxylation is 1. The lowest BCUT2D eigenvalue weighted by Crippen LogP contribution is -2.55. The maximum atomic E-state index is 14.1. The molecule has 0 aliphatic rings. The SMILES string of the molecule is CC[C@@H](C(=O)NC(C)(C)C)N(Cc1ccc(Cl)cc1Cl)C(=O)CN(c1cccc(C(F)(F)F)c1)S(=O)(=O)c1ccc(C)cc1. The number of amides is 2. The number of nitrogens with one attached hydrogen (secondary N) is 1. The molecule has 0 saturated heterocycles. The third-order valence-electron chi connectivity index (χ3n) is 6.59. The van der Waals surface area contributed by atoms with Crippen molar-refractivity contribution in [1.82, 2.24) is 10.2 Å². The first-order valence-corrected chi connectivity index (χ1v) is 15.8. The minimum Gasteiger partial charge on any atom is -0.350 e. The number of rotatable bonds is 10. The molecule has 0 radical (unpaired) electrons. The molecule has 2 amide bonds. The van der Waals surface area contributed by atoms with Gasteiger partial charge in [-0.3, -0.25) is 13.9 Å². The van der Waals surface area contributed by atoms with Crippen molar-refractivity contribution in [3.05, 3.63) is 93.5 Å². The third-order valence-corrected chi connectivity index (χ3v) is 8.96. The first kappa shape index (κ1) is 35.2. The van der Waals surface area contributed by atoms with E-state index in [2.05, 4.69) is 5.32 Å². The Labute approximate surface area is 266 Å². The summed E-state index contributed by atoms with van der Waals surface area (Å²) in [6.07, 6.45) is -4.62. The number of benzene rings is 3. The molecule has 3 aromatic carbocycles. The molecular formula is C31H34Cl2F3N3O4S. The molecule has 13 heteroatoms. The number of nitrogens with zero attached hydrogens (tertiary/aromatic N) is 2. The van der Waals surface area contributed by atoms with E-state index in [4.69, 9.17) is 23.2 Å². The average molecular weight is 673 g/mol. The van der Waals surface area contributed by atoms with Gasteiger partial charge in [0.1, 0.15) is 12.6 Å². The van der Waals surface area contributed by atoms with Gasteiger partial charge in [-0.2, -0.15) is 13.2 Å². The van der Waals surface area contributed by atoms with Gasteiger partial charge in [-0.1, -0.05) is 60.0 Å². The summed E-state index contributed by atoms with van der Waals surface area (Å²) >= 11 is 12.4. The largest absolute Gasteiger partial charge is 0.416 e. The van der Waals surface area contributed by atoms with Crippen LogP contribution < -0.4 is 9.62 Å². The predicted octanol–water partition coefficient (Wildman–Crippen LogP) is 7.24. The molecule has 238 valence electrons. The Bertz CT molecular complexity index is 1610. The molecule has 0 bridgehead atoms. The molecule has 3 aromatic rings. The topological polar surface area (TPSA) is 86.8 Å². The van der Waals surface area contributed by atoms with Crippen molar-refractivity contribution in [2.24, 2.45) is 0 Å². The Morgan fingerprint density at radius 2 is 1.59 bits per heavy atom. The van der Waals surface area contributed by atoms with Crippen molar-refractivity contribution in [3.8, 4) is 0 Å². The number of sulfonamides is 1. The Hall–Kier alpha value is -3.28. The van der Waals surface area contributed by atoms with Crippen LogP contribution in [0.2, 0.25) is 10.0 Å². The van der Waals surface area contributed by atoms with E-state index >= 15 is 0 Å². The second kappa shape index (κ2) is 13.8. The van der Waals surface area contributed by atoms with Crippen molar-refractivity contribution < 1.29 is 31.2 Å². The van der Waals surface area contributed by atoms with Gasteiger partial charge in [-0.25, -0.2) is 8.42 Å². The van der Waals surface area contributed by atoms with Crippen molar-refractivity contribution in [2.75, 3.05) is 10.8 Å². The quantitative estimate of drug-likeness (QED) is 0.246. The van der Waals surface area contributed by atoms with Gasteiger partial charge in [-0.15, -0.1) is 0 Å². The third kappa shape index (κ3) is 8.89. The molecular weight excluding hydrogens is 638 g/mol. The van der Waals surface area contributed by atoms with Crippen molar-refractivity contribution >= 4 is 50.7 Å². The molecule has 0 fully saturated rings. The van der Waals surface area contributed by atoms with Gasteiger partial charge >= 0.3 is 6.18 Å². The summed E-state index contributed by atoms with van der Waals surface area (Å²) in [6.45, 7) is 7.63. The Kier molecular flexibility index (Phi) is 11.0. The summed E-state index contributed by atoms with van der Waals surface area (Å²) in [7, 11) is -4.56. The molecule has 3 rings (SSSR count). The Balaban J connectivity index is 2.16. The fourth-order valence-corrected chi connectivity index (χ4v) is 6.28. The van der Waals surface area contributed by atoms with E-state index in [1.165, 1.54) is 41.3 Å². The van der Waals surface area contributed by atoms with Crippen LogP contribution in [-0.2, 0) is 32.3 Å². The second-order valence-electron chi connectivity index (χ2n) is 11.3. The molecule has 0 aliphatic carbocycles. The maximum absolute atomic E-state index is 14.1. The molecule has 0 heterocycles. The summed E-state index contributed by atoms with van der Waals surface area (Å²) in [4.78, 5) is 28.5. The van der Waals surface area contributed by atoms with Gasteiger partial charge in [0.15, 0.2) is 0 Å². The molecule has 7 nitrogen and oxygen atoms in total. The summed E-state index contributed by atoms with van der Waals surface area (Å²) in [5.74, 6) is -1.33. The molecule has 0 saturated carbocycles. The Morgan fingerprint density at radius 3 is 2.14 bits per heavy atom. The van der Waals surface area contributed by atoms with Crippen LogP contribution in [0.25, 0.3) is 0 Å². The number of carbonyl (C=O) groups is 2. The summed E-state index contributed by atoms with van der Waals surface area (Å²) in [6, 6.07) is 13.0. The highest BCUT2D eigenvalue weighted by Crippen LogP contribution is 2.34. The number of halogens is 5. The molecule has 0 aliphatic heterocycles. The zero-order valence-corrected chi connectivity index (χ0v) is 27.2. The number of hydrogen-bond acceptors (Lipinski definition) is 4. The van der Waals surface area contributed by atoms with Gasteiger partial charge in [0.25, 0.3) is 10.0 Å². The number of carbonyl (C=O) groups excluding carboxylic acids is 2. The normalized spacial score (nSPS) is 12.9. The Morgan fingerprint density at radius 1 is 0.955 bits per heavy atom. The van der Waals surface area contributed by atoms with E-state index in [-0.39, 0.29) is 28.6 Å². The zero-order chi connectivity index (χ0) is 33.0. The van der Waals surface area contributed by atoms with E-state index in [1.54, 1.807) is 46.8 Å². The maximum Gasteiger partial charge on any atom is 0.416 e. The van der Waals surface area contributed by atoms with Crippen LogP contribution in [0.15, 0.2) is 71.6 Å². The fourth-order valence-electron chi connectivity index (χ4n) is 4.41. The van der Waals surface area contributed by atoms with E-state index in [0.717, 1.165) is 17.7 Å². The van der Waals surface area contributed by atoms with Crippen LogP contribution in [0, 0.1) is 6.92 Å². The monoisotopic (exact) mass is 671 g/mol. The van der Waals surface area contributed by atoms with Crippen LogP contribution in [0.1, 0.15) is 50.8 Å². The smallest absolute Gasteiger partial charge is 0.350 e. The van der Waals surface area contributed by atoms with Gasteiger partial charge in [-0.05, 0) is 82.1 Å². The predicted molar refractivity (Wildman–Crippen MR) is 166 cm³/mol. The fraction of sp³-hybridized carbons (Fsp3) is 0.355. The van der Waals surface area contributed by atoms with Crippen LogP contribution >= 0.6 is 23.2 Å². The van der Waals surface area contributed by atoms with Crippen molar-refractivity contribution in [3.63, 3.8) is 0 Å². The van der Waals surface area contributed by atoms with E-state index in [0.29, 0.717) is 21.0 Å². The zero-order valence-electron chi connectivity index (χ0n) is 24.9. The van der Waals surface area contributed by atoms with Crippen LogP contribution in [0.3, 0.4) is 0 Å². The van der Waals surface area contributed by atoms with Crippen LogP contribution in [0.5, 0.6) is 0 Å². The highest BCUT2D eigenvalue weighted by Gasteiger charge is 2.36. The van der Waals surface area contributed by atoms with Gasteiger partial charge in [0.2, 0.25) is 11.8 Å². The molecule has 0 aromatic heterocycles. The highest BCUT2D eigenvalue weighted by atomic mass is 35.5. The molecule has 1 N–H and O–H groups in total. The number of anilines is 1. The van der Waals surface area contributed by atoms with Gasteiger partial charge in [0.05, 0.1) is 16.1 Å².